The van der Waals surface area contributed by atoms with Crippen LogP contribution in [0.5, 0.6) is 0 Å². The van der Waals surface area contributed by atoms with Crippen molar-refractivity contribution in [1.82, 2.24) is 9.97 Å². The molecule has 14 heavy (non-hydrogen) atoms. The average Bonchev–Trinajstić information content (AvgIpc) is 2.72. The molecular weight excluding hydrogens is 182 g/mol. The van der Waals surface area contributed by atoms with E-state index in [2.05, 4.69) is 25.5 Å². The van der Waals surface area contributed by atoms with Crippen LogP contribution in [0.1, 0.15) is 6.42 Å². The largest absolute Gasteiger partial charge is 0.309 e. The molecule has 0 aromatic carbocycles. The highest BCUT2D eigenvalue weighted by molar-refractivity contribution is 5.94. The van der Waals surface area contributed by atoms with Crippen LogP contribution >= 0.6 is 0 Å². The maximum absolute atomic E-state index is 11.5. The first-order valence-electron chi connectivity index (χ1n) is 4.30. The third kappa shape index (κ3) is 1.90. The number of hydrogen-bond acceptors (Lipinski definition) is 5. The van der Waals surface area contributed by atoms with Crippen molar-refractivity contribution < 1.29 is 4.79 Å². The van der Waals surface area contributed by atoms with E-state index < -0.39 is 0 Å². The smallest absolute Gasteiger partial charge is 0.252 e. The topological polar surface area (TPSA) is 79.6 Å². The fourth-order valence-corrected chi connectivity index (χ4v) is 1.15. The highest BCUT2D eigenvalue weighted by Gasteiger charge is 2.21. The Morgan fingerprint density at radius 2 is 2.50 bits per heavy atom. The van der Waals surface area contributed by atoms with Crippen molar-refractivity contribution in [1.29, 1.82) is 0 Å². The number of aromatic nitrogens is 2. The van der Waals surface area contributed by atoms with Crippen molar-refractivity contribution in [2.45, 2.75) is 12.5 Å². The molecule has 1 N–H and O–H groups in total. The maximum Gasteiger partial charge on any atom is 0.252 e. The SMILES string of the molecule is O=C(Nc1ccncn1)C1CCN=N1. The summed E-state index contributed by atoms with van der Waals surface area (Å²) >= 11 is 0. The molecule has 1 amide bonds. The number of amides is 1. The van der Waals surface area contributed by atoms with E-state index in [0.29, 0.717) is 18.8 Å². The lowest BCUT2D eigenvalue weighted by Gasteiger charge is -2.05. The molecule has 0 aliphatic carbocycles. The van der Waals surface area contributed by atoms with Crippen molar-refractivity contribution in [2.24, 2.45) is 10.2 Å². The van der Waals surface area contributed by atoms with Gasteiger partial charge in [-0.1, -0.05) is 0 Å². The van der Waals surface area contributed by atoms with E-state index >= 15 is 0 Å². The summed E-state index contributed by atoms with van der Waals surface area (Å²) in [7, 11) is 0. The summed E-state index contributed by atoms with van der Waals surface area (Å²) in [6.45, 7) is 0.627. The quantitative estimate of drug-likeness (QED) is 0.744. The molecule has 0 bridgehead atoms. The Hall–Kier alpha value is -1.85. The Bertz CT molecular complexity index is 350. The first-order valence-corrected chi connectivity index (χ1v) is 4.30. The summed E-state index contributed by atoms with van der Waals surface area (Å²) in [4.78, 5) is 19.1. The van der Waals surface area contributed by atoms with Gasteiger partial charge in [0.15, 0.2) is 6.04 Å². The zero-order valence-electron chi connectivity index (χ0n) is 7.42. The van der Waals surface area contributed by atoms with Gasteiger partial charge in [0.1, 0.15) is 12.1 Å². The van der Waals surface area contributed by atoms with Crippen LogP contribution in [0.15, 0.2) is 28.8 Å². The Balaban J connectivity index is 1.98. The van der Waals surface area contributed by atoms with E-state index in [1.165, 1.54) is 6.33 Å². The van der Waals surface area contributed by atoms with Gasteiger partial charge in [0.2, 0.25) is 0 Å². The molecule has 2 rings (SSSR count). The molecule has 1 aromatic heterocycles. The minimum atomic E-state index is -0.357. The number of rotatable bonds is 2. The van der Waals surface area contributed by atoms with Crippen LogP contribution < -0.4 is 5.32 Å². The van der Waals surface area contributed by atoms with Crippen LogP contribution in [0.2, 0.25) is 0 Å². The van der Waals surface area contributed by atoms with Gasteiger partial charge in [-0.25, -0.2) is 9.97 Å². The van der Waals surface area contributed by atoms with Gasteiger partial charge in [-0.3, -0.25) is 4.79 Å². The summed E-state index contributed by atoms with van der Waals surface area (Å²) in [5.41, 5.74) is 0. The highest BCUT2D eigenvalue weighted by atomic mass is 16.2. The number of nitrogens with one attached hydrogen (secondary N) is 1. The van der Waals surface area contributed by atoms with Crippen LogP contribution in [-0.4, -0.2) is 28.5 Å². The first kappa shape index (κ1) is 8.74. The van der Waals surface area contributed by atoms with Crippen molar-refractivity contribution in [3.63, 3.8) is 0 Å². The van der Waals surface area contributed by atoms with Gasteiger partial charge >= 0.3 is 0 Å². The Kier molecular flexibility index (Phi) is 2.44. The van der Waals surface area contributed by atoms with E-state index in [9.17, 15) is 4.79 Å². The Labute approximate surface area is 80.5 Å². The standard InChI is InChI=1S/C8H9N5O/c14-8(6-1-4-11-13-6)12-7-2-3-9-5-10-7/h2-3,5-6H,1,4H2,(H,9,10,12,14). The molecular formula is C8H9N5O. The summed E-state index contributed by atoms with van der Waals surface area (Å²) in [5, 5.41) is 10.2. The van der Waals surface area contributed by atoms with Crippen LogP contribution in [0, 0.1) is 0 Å². The molecule has 1 aromatic rings. The zero-order valence-corrected chi connectivity index (χ0v) is 7.42. The second kappa shape index (κ2) is 3.91. The van der Waals surface area contributed by atoms with Crippen LogP contribution in [0.25, 0.3) is 0 Å². The molecule has 72 valence electrons. The minimum Gasteiger partial charge on any atom is -0.309 e. The van der Waals surface area contributed by atoms with E-state index in [-0.39, 0.29) is 11.9 Å². The first-order chi connectivity index (χ1) is 6.86. The zero-order chi connectivity index (χ0) is 9.80. The van der Waals surface area contributed by atoms with Gasteiger partial charge in [-0.15, -0.1) is 0 Å². The predicted molar refractivity (Wildman–Crippen MR) is 48.8 cm³/mol. The number of nitrogens with zero attached hydrogens (tertiary/aromatic N) is 4. The van der Waals surface area contributed by atoms with Gasteiger partial charge in [-0.05, 0) is 6.07 Å². The van der Waals surface area contributed by atoms with E-state index in [0.717, 1.165) is 0 Å². The molecule has 6 nitrogen and oxygen atoms in total. The number of carbonyl (C=O) groups is 1. The summed E-state index contributed by atoms with van der Waals surface area (Å²) in [5.74, 6) is 0.331. The van der Waals surface area contributed by atoms with Gasteiger partial charge in [0.05, 0.1) is 6.54 Å². The summed E-state index contributed by atoms with van der Waals surface area (Å²) in [6, 6.07) is 1.27. The van der Waals surface area contributed by atoms with Crippen molar-refractivity contribution in [2.75, 3.05) is 11.9 Å². The van der Waals surface area contributed by atoms with Gasteiger partial charge in [0, 0.05) is 12.6 Å². The highest BCUT2D eigenvalue weighted by Crippen LogP contribution is 2.10. The van der Waals surface area contributed by atoms with Crippen molar-refractivity contribution in [3.8, 4) is 0 Å². The summed E-state index contributed by atoms with van der Waals surface area (Å²) < 4.78 is 0. The number of azo groups is 1. The van der Waals surface area contributed by atoms with Crippen molar-refractivity contribution >= 4 is 11.7 Å². The van der Waals surface area contributed by atoms with Gasteiger partial charge in [0.25, 0.3) is 5.91 Å². The van der Waals surface area contributed by atoms with Gasteiger partial charge in [-0.2, -0.15) is 10.2 Å². The normalized spacial score (nSPS) is 19.6. The maximum atomic E-state index is 11.5. The molecule has 0 saturated carbocycles. The third-order valence-corrected chi connectivity index (χ3v) is 1.86. The van der Waals surface area contributed by atoms with Gasteiger partial charge < -0.3 is 5.32 Å². The number of hydrogen-bond donors (Lipinski definition) is 1. The third-order valence-electron chi connectivity index (χ3n) is 1.86. The Morgan fingerprint density at radius 1 is 1.57 bits per heavy atom. The molecule has 2 heterocycles. The molecule has 0 saturated heterocycles. The van der Waals surface area contributed by atoms with Crippen LogP contribution in [-0.2, 0) is 4.79 Å². The molecule has 0 spiro atoms. The lowest BCUT2D eigenvalue weighted by molar-refractivity contribution is -0.117. The second-order valence-electron chi connectivity index (χ2n) is 2.87. The second-order valence-corrected chi connectivity index (χ2v) is 2.87. The lowest BCUT2D eigenvalue weighted by atomic mass is 10.2. The van der Waals surface area contributed by atoms with E-state index in [1.807, 2.05) is 0 Å². The van der Waals surface area contributed by atoms with Crippen LogP contribution in [0.4, 0.5) is 5.82 Å². The molecule has 1 unspecified atom stereocenters. The molecule has 0 radical (unpaired) electrons. The molecule has 6 heteroatoms. The average molecular weight is 191 g/mol. The lowest BCUT2D eigenvalue weighted by Crippen LogP contribution is -2.25. The fraction of sp³-hybridized carbons (Fsp3) is 0.375. The molecule has 1 atom stereocenters. The monoisotopic (exact) mass is 191 g/mol. The van der Waals surface area contributed by atoms with E-state index in [1.54, 1.807) is 12.3 Å². The van der Waals surface area contributed by atoms with Crippen LogP contribution in [0.3, 0.4) is 0 Å². The Morgan fingerprint density at radius 3 is 3.14 bits per heavy atom. The number of anilines is 1. The predicted octanol–water partition coefficient (Wildman–Crippen LogP) is 0.640. The fourth-order valence-electron chi connectivity index (χ4n) is 1.15. The van der Waals surface area contributed by atoms with Crippen molar-refractivity contribution in [3.05, 3.63) is 18.6 Å². The van der Waals surface area contributed by atoms with E-state index in [4.69, 9.17) is 0 Å². The summed E-state index contributed by atoms with van der Waals surface area (Å²) in [6.07, 6.45) is 3.63. The molecule has 1 aliphatic heterocycles. The number of carbonyl (C=O) groups excluding carboxylic acids is 1. The molecule has 1 aliphatic rings. The molecule has 0 fully saturated rings. The minimum absolute atomic E-state index is 0.162.